The number of benzene rings is 1. The van der Waals surface area contributed by atoms with Crippen LogP contribution in [0.3, 0.4) is 0 Å². The quantitative estimate of drug-likeness (QED) is 0.383. The molecule has 0 saturated carbocycles. The summed E-state index contributed by atoms with van der Waals surface area (Å²) in [7, 11) is 0. The standard InChI is InChI=1S/C31H38BrN3O7/c1-18(16-36)35-26-29(40)34(30(2,3)4)14-10-6-9-13-22(37)41-17-21(19-11-7-5-8-12-19)33-27(38)23-24(28(35)39)31(26)15-20(32)25(23)42-31/h5-8,10-12,15,18,21,23-26,36H,9,13-14,16-17H2,1-4H3,(H,33,38)/b10-6-/t18-,21+,23+,24-,25+,26+,31-/m1/s1. The van der Waals surface area contributed by atoms with E-state index in [2.05, 4.69) is 21.2 Å². The maximum atomic E-state index is 14.5. The molecule has 5 rings (SSSR count). The third kappa shape index (κ3) is 5.20. The Balaban J connectivity index is 1.62. The first kappa shape index (κ1) is 30.4. The van der Waals surface area contributed by atoms with Crippen LogP contribution in [0.1, 0.15) is 52.1 Å². The maximum absolute atomic E-state index is 14.5. The number of amides is 3. The molecule has 11 heteroatoms. The van der Waals surface area contributed by atoms with E-state index < -0.39 is 65.0 Å². The number of aliphatic hydroxyl groups excluding tert-OH is 1. The zero-order valence-corrected chi connectivity index (χ0v) is 25.9. The second-order valence-corrected chi connectivity index (χ2v) is 13.3. The predicted octanol–water partition coefficient (Wildman–Crippen LogP) is 2.62. The van der Waals surface area contributed by atoms with Gasteiger partial charge in [-0.2, -0.15) is 0 Å². The first-order valence-corrected chi connectivity index (χ1v) is 15.2. The van der Waals surface area contributed by atoms with Crippen molar-refractivity contribution in [1.29, 1.82) is 0 Å². The molecule has 10 nitrogen and oxygen atoms in total. The number of cyclic esters (lactones) is 1. The first-order valence-electron chi connectivity index (χ1n) is 14.4. The van der Waals surface area contributed by atoms with Crippen LogP contribution in [0.25, 0.3) is 0 Å². The van der Waals surface area contributed by atoms with Gasteiger partial charge in [-0.1, -0.05) is 58.4 Å². The number of fused-ring (bicyclic) bond motifs is 2. The van der Waals surface area contributed by atoms with Gasteiger partial charge in [-0.3, -0.25) is 19.2 Å². The van der Waals surface area contributed by atoms with Gasteiger partial charge in [0, 0.05) is 23.0 Å². The number of nitrogens with one attached hydrogen (secondary N) is 1. The normalized spacial score (nSPS) is 33.7. The van der Waals surface area contributed by atoms with Crippen molar-refractivity contribution >= 4 is 39.6 Å². The molecule has 0 aliphatic carbocycles. The molecule has 7 atom stereocenters. The average Bonchev–Trinajstić information content (AvgIpc) is 3.54. The number of rotatable bonds is 3. The molecule has 0 aromatic heterocycles. The van der Waals surface area contributed by atoms with Gasteiger partial charge < -0.3 is 29.7 Å². The molecule has 0 radical (unpaired) electrons. The summed E-state index contributed by atoms with van der Waals surface area (Å²) in [5, 5.41) is 13.2. The summed E-state index contributed by atoms with van der Waals surface area (Å²) >= 11 is 3.57. The van der Waals surface area contributed by atoms with Crippen molar-refractivity contribution in [3.05, 3.63) is 58.6 Å². The first-order chi connectivity index (χ1) is 19.9. The molecule has 3 amide bonds. The molecule has 42 heavy (non-hydrogen) atoms. The number of aliphatic hydroxyl groups is 1. The van der Waals surface area contributed by atoms with Crippen LogP contribution in [0.4, 0.5) is 0 Å². The van der Waals surface area contributed by atoms with Gasteiger partial charge in [-0.05, 0) is 45.8 Å². The van der Waals surface area contributed by atoms with Gasteiger partial charge in [0.25, 0.3) is 0 Å². The Bertz CT molecular complexity index is 1310. The largest absolute Gasteiger partial charge is 0.463 e. The van der Waals surface area contributed by atoms with E-state index in [-0.39, 0.29) is 32.1 Å². The number of carbonyl (C=O) groups excluding carboxylic acids is 4. The van der Waals surface area contributed by atoms with Crippen molar-refractivity contribution in [3.63, 3.8) is 0 Å². The van der Waals surface area contributed by atoms with Crippen molar-refractivity contribution in [2.75, 3.05) is 19.8 Å². The Kier molecular flexibility index (Phi) is 8.39. The molecule has 4 aliphatic rings. The van der Waals surface area contributed by atoms with Crippen LogP contribution in [0.15, 0.2) is 53.0 Å². The van der Waals surface area contributed by atoms with Crippen molar-refractivity contribution in [2.24, 2.45) is 11.8 Å². The fraction of sp³-hybridized carbons (Fsp3) is 0.548. The summed E-state index contributed by atoms with van der Waals surface area (Å²) in [6.07, 6.45) is 5.21. The van der Waals surface area contributed by atoms with Crippen molar-refractivity contribution in [2.45, 2.75) is 75.9 Å². The Hall–Kier alpha value is -3.02. The Morgan fingerprint density at radius 3 is 2.50 bits per heavy atom. The van der Waals surface area contributed by atoms with Crippen LogP contribution in [0.5, 0.6) is 0 Å². The summed E-state index contributed by atoms with van der Waals surface area (Å²) in [6, 6.07) is 6.73. The lowest BCUT2D eigenvalue weighted by Gasteiger charge is -2.42. The van der Waals surface area contributed by atoms with Crippen LogP contribution in [0, 0.1) is 11.8 Å². The van der Waals surface area contributed by atoms with E-state index in [1.54, 1.807) is 17.9 Å². The number of ether oxygens (including phenoxy) is 2. The number of hydrogen-bond donors (Lipinski definition) is 2. The van der Waals surface area contributed by atoms with Gasteiger partial charge in [-0.15, -0.1) is 0 Å². The van der Waals surface area contributed by atoms with Gasteiger partial charge in [0.05, 0.1) is 30.5 Å². The summed E-state index contributed by atoms with van der Waals surface area (Å²) in [4.78, 5) is 58.5. The van der Waals surface area contributed by atoms with Crippen LogP contribution >= 0.6 is 15.9 Å². The minimum Gasteiger partial charge on any atom is -0.463 e. The third-order valence-corrected chi connectivity index (χ3v) is 9.29. The zero-order chi connectivity index (χ0) is 30.4. The molecule has 0 unspecified atom stereocenters. The van der Waals surface area contributed by atoms with Gasteiger partial charge >= 0.3 is 5.97 Å². The van der Waals surface area contributed by atoms with Crippen LogP contribution < -0.4 is 5.32 Å². The monoisotopic (exact) mass is 643 g/mol. The van der Waals surface area contributed by atoms with E-state index in [4.69, 9.17) is 9.47 Å². The molecule has 1 aromatic rings. The minimum absolute atomic E-state index is 0.0795. The second-order valence-electron chi connectivity index (χ2n) is 12.4. The second kappa shape index (κ2) is 11.6. The highest BCUT2D eigenvalue weighted by atomic mass is 79.9. The van der Waals surface area contributed by atoms with E-state index in [9.17, 15) is 24.3 Å². The fourth-order valence-corrected chi connectivity index (χ4v) is 7.30. The van der Waals surface area contributed by atoms with E-state index in [1.165, 1.54) is 4.90 Å². The van der Waals surface area contributed by atoms with Crippen LogP contribution in [-0.2, 0) is 28.7 Å². The number of hydrogen-bond acceptors (Lipinski definition) is 7. The van der Waals surface area contributed by atoms with E-state index in [0.717, 1.165) is 5.56 Å². The predicted molar refractivity (Wildman–Crippen MR) is 157 cm³/mol. The molecule has 2 N–H and O–H groups in total. The molecule has 2 fully saturated rings. The molecule has 4 aliphatic heterocycles. The van der Waals surface area contributed by atoms with Gasteiger partial charge in [0.15, 0.2) is 0 Å². The molecular formula is C31H38BrN3O7. The van der Waals surface area contributed by atoms with E-state index >= 15 is 0 Å². The van der Waals surface area contributed by atoms with E-state index in [1.807, 2.05) is 63.3 Å². The van der Waals surface area contributed by atoms with Crippen molar-refractivity contribution in [3.8, 4) is 0 Å². The van der Waals surface area contributed by atoms with E-state index in [0.29, 0.717) is 10.9 Å². The molecule has 226 valence electrons. The molecule has 4 heterocycles. The van der Waals surface area contributed by atoms with Gasteiger partial charge in [0.1, 0.15) is 24.4 Å². The average molecular weight is 645 g/mol. The Labute approximate surface area is 254 Å². The Morgan fingerprint density at radius 2 is 1.83 bits per heavy atom. The maximum Gasteiger partial charge on any atom is 0.306 e. The van der Waals surface area contributed by atoms with Crippen LogP contribution in [0.2, 0.25) is 0 Å². The number of carbonyl (C=O) groups is 4. The molecule has 2 saturated heterocycles. The van der Waals surface area contributed by atoms with Crippen LogP contribution in [-0.4, -0.2) is 87.7 Å². The Morgan fingerprint density at radius 1 is 1.12 bits per heavy atom. The number of nitrogens with zero attached hydrogens (tertiary/aromatic N) is 2. The van der Waals surface area contributed by atoms with Crippen molar-refractivity contribution in [1.82, 2.24) is 15.1 Å². The summed E-state index contributed by atoms with van der Waals surface area (Å²) < 4.78 is 12.7. The number of esters is 1. The number of allylic oxidation sites excluding steroid dienone is 1. The number of halogens is 1. The molecule has 5 bridgehead atoms. The highest BCUT2D eigenvalue weighted by Gasteiger charge is 2.75. The summed E-state index contributed by atoms with van der Waals surface area (Å²) in [5.74, 6) is -3.55. The lowest BCUT2D eigenvalue weighted by atomic mass is 9.73. The minimum atomic E-state index is -1.40. The molecule has 1 spiro atoms. The number of likely N-dealkylation sites (tertiary alicyclic amines) is 1. The molecule has 1 aromatic carbocycles. The molecular weight excluding hydrogens is 606 g/mol. The smallest absolute Gasteiger partial charge is 0.306 e. The summed E-state index contributed by atoms with van der Waals surface area (Å²) in [5.41, 5.74) is -1.29. The summed E-state index contributed by atoms with van der Waals surface area (Å²) in [6.45, 7) is 7.20. The third-order valence-electron chi connectivity index (χ3n) is 8.61. The highest BCUT2D eigenvalue weighted by Crippen LogP contribution is 2.59. The van der Waals surface area contributed by atoms with Gasteiger partial charge in [0.2, 0.25) is 17.7 Å². The SMILES string of the molecule is C[C@H](CO)N1C(=O)[C@H]2[C@@H]3C(=O)N[C@H](c4ccccc4)COC(=O)CC/C=C\CN(C(C)(C)C)C(=O)[C@H]1[C@@]21C=C(Br)[C@@H]3O1. The fourth-order valence-electron chi connectivity index (χ4n) is 6.56. The zero-order valence-electron chi connectivity index (χ0n) is 24.3. The topological polar surface area (TPSA) is 125 Å². The lowest BCUT2D eigenvalue weighted by molar-refractivity contribution is -0.153. The lowest BCUT2D eigenvalue weighted by Crippen LogP contribution is -2.61. The highest BCUT2D eigenvalue weighted by molar-refractivity contribution is 9.11. The van der Waals surface area contributed by atoms with Gasteiger partial charge in [-0.25, -0.2) is 0 Å². The van der Waals surface area contributed by atoms with Crippen molar-refractivity contribution < 1.29 is 33.8 Å².